The highest BCUT2D eigenvalue weighted by molar-refractivity contribution is 8.13. The molecule has 3 rings (SSSR count). The topological polar surface area (TPSA) is 90.9 Å². The van der Waals surface area contributed by atoms with Crippen molar-refractivity contribution in [1.82, 2.24) is 5.32 Å². The maximum absolute atomic E-state index is 12.9. The molecule has 0 radical (unpaired) electrons. The fourth-order valence-electron chi connectivity index (χ4n) is 3.04. The third-order valence-corrected chi connectivity index (χ3v) is 5.69. The van der Waals surface area contributed by atoms with Gasteiger partial charge in [0, 0.05) is 12.7 Å². The molecule has 0 bridgehead atoms. The molecule has 0 spiro atoms. The largest absolute Gasteiger partial charge is 0.459 e. The van der Waals surface area contributed by atoms with Crippen molar-refractivity contribution in [2.45, 2.75) is 32.9 Å². The van der Waals surface area contributed by atoms with Crippen LogP contribution < -0.4 is 14.8 Å². The summed E-state index contributed by atoms with van der Waals surface area (Å²) in [6, 6.07) is 14.0. The van der Waals surface area contributed by atoms with Gasteiger partial charge in [0.15, 0.2) is 16.6 Å². The summed E-state index contributed by atoms with van der Waals surface area (Å²) in [5.41, 5.74) is 1.75. The number of carbonyl (C=O) groups excluding carboxylic acids is 3. The molecule has 2 aromatic carbocycles. The molecule has 1 heterocycles. The molecule has 0 fully saturated rings. The number of fused-ring (bicyclic) bond motifs is 1. The predicted octanol–water partition coefficient (Wildman–Crippen LogP) is 3.10. The lowest BCUT2D eigenvalue weighted by molar-refractivity contribution is -0.148. The van der Waals surface area contributed by atoms with Crippen LogP contribution in [0.1, 0.15) is 25.0 Å². The average molecular weight is 444 g/mol. The van der Waals surface area contributed by atoms with Crippen LogP contribution in [0.15, 0.2) is 48.5 Å². The number of rotatable bonds is 9. The van der Waals surface area contributed by atoms with Gasteiger partial charge in [0.05, 0.1) is 5.92 Å². The molecule has 1 N–H and O–H groups in total. The lowest BCUT2D eigenvalue weighted by atomic mass is 9.99. The number of ether oxygens (including phenoxy) is 3. The highest BCUT2D eigenvalue weighted by atomic mass is 32.2. The highest BCUT2D eigenvalue weighted by Gasteiger charge is 2.25. The molecule has 0 aromatic heterocycles. The van der Waals surface area contributed by atoms with Crippen LogP contribution in [0, 0.1) is 5.92 Å². The van der Waals surface area contributed by atoms with Gasteiger partial charge in [-0.1, -0.05) is 48.2 Å². The zero-order chi connectivity index (χ0) is 22.2. The van der Waals surface area contributed by atoms with Gasteiger partial charge in [0.2, 0.25) is 12.7 Å². The van der Waals surface area contributed by atoms with E-state index >= 15 is 0 Å². The summed E-state index contributed by atoms with van der Waals surface area (Å²) in [5, 5.41) is 2.65. The molecule has 0 saturated carbocycles. The molecule has 1 aliphatic rings. The number of amides is 1. The van der Waals surface area contributed by atoms with Gasteiger partial charge in [-0.3, -0.25) is 9.59 Å². The summed E-state index contributed by atoms with van der Waals surface area (Å²) in [7, 11) is 0. The van der Waals surface area contributed by atoms with Crippen molar-refractivity contribution < 1.29 is 28.6 Å². The Morgan fingerprint density at radius 1 is 1.06 bits per heavy atom. The molecule has 1 amide bonds. The number of carbonyl (C=O) groups is 3. The van der Waals surface area contributed by atoms with E-state index in [1.807, 2.05) is 42.5 Å². The maximum Gasteiger partial charge on any atom is 0.328 e. The average Bonchev–Trinajstić information content (AvgIpc) is 3.23. The summed E-state index contributed by atoms with van der Waals surface area (Å²) in [6.45, 7) is 3.36. The van der Waals surface area contributed by atoms with E-state index in [9.17, 15) is 14.4 Å². The van der Waals surface area contributed by atoms with Crippen LogP contribution in [0.2, 0.25) is 0 Å². The maximum atomic E-state index is 12.9. The first kappa shape index (κ1) is 22.7. The predicted molar refractivity (Wildman–Crippen MR) is 117 cm³/mol. The van der Waals surface area contributed by atoms with Crippen LogP contribution in [-0.2, 0) is 32.1 Å². The van der Waals surface area contributed by atoms with Crippen molar-refractivity contribution in [3.63, 3.8) is 0 Å². The smallest absolute Gasteiger partial charge is 0.328 e. The van der Waals surface area contributed by atoms with Crippen molar-refractivity contribution in [2.24, 2.45) is 5.92 Å². The summed E-state index contributed by atoms with van der Waals surface area (Å²) in [6.07, 6.45) is 0.397. The molecule has 0 aliphatic carbocycles. The van der Waals surface area contributed by atoms with Gasteiger partial charge in [-0.05, 0) is 36.6 Å². The standard InChI is InChI=1S/C23H25NO6S/c1-15(23(27)28-12-17-6-4-3-5-7-17)24-22(26)19(13-31-16(2)25)10-18-8-9-20-21(11-18)30-14-29-20/h3-9,11,15,19H,10,12-14H2,1-2H3,(H,24,26)/t15-,19-/m0/s1. The van der Waals surface area contributed by atoms with Gasteiger partial charge in [-0.2, -0.15) is 0 Å². The molecule has 7 nitrogen and oxygen atoms in total. The number of hydrogen-bond acceptors (Lipinski definition) is 7. The Morgan fingerprint density at radius 3 is 2.55 bits per heavy atom. The molecule has 164 valence electrons. The van der Waals surface area contributed by atoms with Crippen LogP contribution in [0.4, 0.5) is 0 Å². The van der Waals surface area contributed by atoms with E-state index in [1.54, 1.807) is 13.0 Å². The van der Waals surface area contributed by atoms with Crippen molar-refractivity contribution >= 4 is 28.8 Å². The lowest BCUT2D eigenvalue weighted by Gasteiger charge is -2.19. The summed E-state index contributed by atoms with van der Waals surface area (Å²) in [5.74, 6) is 0.278. The Kier molecular flexibility index (Phi) is 7.94. The first-order valence-corrected chi connectivity index (χ1v) is 10.9. The second kappa shape index (κ2) is 10.9. The van der Waals surface area contributed by atoms with Gasteiger partial charge in [-0.15, -0.1) is 0 Å². The monoisotopic (exact) mass is 443 g/mol. The van der Waals surface area contributed by atoms with Crippen LogP contribution in [0.5, 0.6) is 11.5 Å². The highest BCUT2D eigenvalue weighted by Crippen LogP contribution is 2.33. The van der Waals surface area contributed by atoms with Crippen LogP contribution in [0.25, 0.3) is 0 Å². The number of hydrogen-bond donors (Lipinski definition) is 1. The van der Waals surface area contributed by atoms with Gasteiger partial charge in [0.1, 0.15) is 12.6 Å². The van der Waals surface area contributed by atoms with E-state index in [0.717, 1.165) is 22.9 Å². The first-order valence-electron chi connectivity index (χ1n) is 9.95. The van der Waals surface area contributed by atoms with E-state index in [2.05, 4.69) is 5.32 Å². The number of benzene rings is 2. The second-order valence-electron chi connectivity index (χ2n) is 7.21. The van der Waals surface area contributed by atoms with Gasteiger partial charge < -0.3 is 19.5 Å². The van der Waals surface area contributed by atoms with Gasteiger partial charge in [0.25, 0.3) is 0 Å². The van der Waals surface area contributed by atoms with Crippen molar-refractivity contribution in [3.8, 4) is 11.5 Å². The summed E-state index contributed by atoms with van der Waals surface area (Å²) in [4.78, 5) is 36.6. The molecule has 0 saturated heterocycles. The zero-order valence-corrected chi connectivity index (χ0v) is 18.3. The molecule has 31 heavy (non-hydrogen) atoms. The molecular formula is C23H25NO6S. The molecular weight excluding hydrogens is 418 g/mol. The van der Waals surface area contributed by atoms with E-state index in [-0.39, 0.29) is 24.4 Å². The Balaban J connectivity index is 1.59. The van der Waals surface area contributed by atoms with Crippen molar-refractivity contribution in [2.75, 3.05) is 12.5 Å². The Morgan fingerprint density at radius 2 is 1.81 bits per heavy atom. The number of nitrogens with one attached hydrogen (secondary N) is 1. The molecule has 8 heteroatoms. The van der Waals surface area contributed by atoms with Crippen LogP contribution in [0.3, 0.4) is 0 Å². The minimum absolute atomic E-state index is 0.0706. The summed E-state index contributed by atoms with van der Waals surface area (Å²) < 4.78 is 16.0. The Hall–Kier alpha value is -3.00. The minimum atomic E-state index is -0.808. The molecule has 0 unspecified atom stereocenters. The quantitative estimate of drug-likeness (QED) is 0.596. The van der Waals surface area contributed by atoms with Crippen LogP contribution >= 0.6 is 11.8 Å². The Bertz CT molecular complexity index is 933. The zero-order valence-electron chi connectivity index (χ0n) is 17.5. The molecule has 2 aromatic rings. The third kappa shape index (κ3) is 6.75. The van der Waals surface area contributed by atoms with Crippen LogP contribution in [-0.4, -0.2) is 35.6 Å². The first-order chi connectivity index (χ1) is 14.9. The molecule has 1 aliphatic heterocycles. The van der Waals surface area contributed by atoms with E-state index < -0.39 is 17.9 Å². The van der Waals surface area contributed by atoms with Crippen molar-refractivity contribution in [1.29, 1.82) is 0 Å². The molecule has 2 atom stereocenters. The lowest BCUT2D eigenvalue weighted by Crippen LogP contribution is -2.43. The normalized spacial score (nSPS) is 13.9. The SMILES string of the molecule is CC(=O)SC[C@H](Cc1ccc2c(c1)OCO2)C(=O)N[C@@H](C)C(=O)OCc1ccccc1. The van der Waals surface area contributed by atoms with E-state index in [1.165, 1.54) is 6.92 Å². The van der Waals surface area contributed by atoms with Crippen molar-refractivity contribution in [3.05, 3.63) is 59.7 Å². The number of thioether (sulfide) groups is 1. The Labute approximate surface area is 185 Å². The number of esters is 1. The van der Waals surface area contributed by atoms with E-state index in [4.69, 9.17) is 14.2 Å². The fourth-order valence-corrected chi connectivity index (χ4v) is 3.75. The minimum Gasteiger partial charge on any atom is -0.459 e. The van der Waals surface area contributed by atoms with E-state index in [0.29, 0.717) is 23.7 Å². The van der Waals surface area contributed by atoms with Gasteiger partial charge in [-0.25, -0.2) is 4.79 Å². The summed E-state index contributed by atoms with van der Waals surface area (Å²) >= 11 is 1.08. The third-order valence-electron chi connectivity index (χ3n) is 4.71. The fraction of sp³-hybridized carbons (Fsp3) is 0.348. The second-order valence-corrected chi connectivity index (χ2v) is 8.41. The van der Waals surface area contributed by atoms with Gasteiger partial charge >= 0.3 is 5.97 Å².